The molecule has 1 aromatic carbocycles. The van der Waals surface area contributed by atoms with Gasteiger partial charge in [-0.25, -0.2) is 4.98 Å². The number of nitrogens with one attached hydrogen (secondary N) is 1. The lowest BCUT2D eigenvalue weighted by Gasteiger charge is -2.04. The van der Waals surface area contributed by atoms with Gasteiger partial charge in [0.15, 0.2) is 0 Å². The number of amides is 1. The van der Waals surface area contributed by atoms with Crippen molar-refractivity contribution >= 4 is 23.2 Å². The van der Waals surface area contributed by atoms with Gasteiger partial charge in [0.05, 0.1) is 12.2 Å². The smallest absolute Gasteiger partial charge is 0.220 e. The van der Waals surface area contributed by atoms with Gasteiger partial charge in [0.2, 0.25) is 5.91 Å². The fraction of sp³-hybridized carbons (Fsp3) is 0.263. The van der Waals surface area contributed by atoms with E-state index >= 15 is 0 Å². The highest BCUT2D eigenvalue weighted by atomic mass is 35.5. The first kappa shape index (κ1) is 16.5. The lowest BCUT2D eigenvalue weighted by Crippen LogP contribution is -2.22. The van der Waals surface area contributed by atoms with E-state index in [2.05, 4.69) is 10.3 Å². The lowest BCUT2D eigenvalue weighted by molar-refractivity contribution is -0.121. The normalized spacial score (nSPS) is 10.9. The number of halogens is 1. The van der Waals surface area contributed by atoms with Crippen molar-refractivity contribution in [3.8, 4) is 0 Å². The average molecular weight is 342 g/mol. The zero-order chi connectivity index (χ0) is 16.9. The van der Waals surface area contributed by atoms with Crippen LogP contribution in [-0.4, -0.2) is 15.3 Å². The van der Waals surface area contributed by atoms with Crippen LogP contribution in [0.15, 0.2) is 48.7 Å². The first-order valence-electron chi connectivity index (χ1n) is 8.06. The van der Waals surface area contributed by atoms with Crippen LogP contribution in [0.3, 0.4) is 0 Å². The summed E-state index contributed by atoms with van der Waals surface area (Å²) in [6, 6.07) is 13.7. The van der Waals surface area contributed by atoms with Crippen molar-refractivity contribution < 1.29 is 4.79 Å². The van der Waals surface area contributed by atoms with Gasteiger partial charge in [-0.1, -0.05) is 29.8 Å². The van der Waals surface area contributed by atoms with Crippen LogP contribution in [0.1, 0.15) is 29.8 Å². The Hall–Kier alpha value is -2.33. The number of imidazole rings is 1. The van der Waals surface area contributed by atoms with E-state index < -0.39 is 0 Å². The molecule has 5 heteroatoms. The van der Waals surface area contributed by atoms with Crippen molar-refractivity contribution in [3.63, 3.8) is 0 Å². The van der Waals surface area contributed by atoms with Gasteiger partial charge in [-0.05, 0) is 49.6 Å². The first-order chi connectivity index (χ1) is 11.6. The Morgan fingerprint density at radius 2 is 2.00 bits per heavy atom. The Morgan fingerprint density at radius 1 is 1.21 bits per heavy atom. The Morgan fingerprint density at radius 3 is 2.75 bits per heavy atom. The highest BCUT2D eigenvalue weighted by Crippen LogP contribution is 2.12. The molecule has 0 radical (unpaired) electrons. The fourth-order valence-corrected chi connectivity index (χ4v) is 2.79. The van der Waals surface area contributed by atoms with E-state index in [9.17, 15) is 4.79 Å². The third-order valence-corrected chi connectivity index (χ3v) is 4.25. The molecule has 1 N–H and O–H groups in total. The molecule has 0 unspecified atom stereocenters. The van der Waals surface area contributed by atoms with Crippen LogP contribution in [-0.2, 0) is 17.8 Å². The fourth-order valence-electron chi connectivity index (χ4n) is 2.67. The molecule has 0 bridgehead atoms. The molecule has 3 aromatic rings. The van der Waals surface area contributed by atoms with Crippen molar-refractivity contribution in [2.24, 2.45) is 0 Å². The van der Waals surface area contributed by atoms with E-state index in [1.54, 1.807) is 0 Å². The first-order valence-corrected chi connectivity index (χ1v) is 8.44. The second kappa shape index (κ2) is 7.49. The summed E-state index contributed by atoms with van der Waals surface area (Å²) >= 11 is 5.86. The van der Waals surface area contributed by atoms with Crippen molar-refractivity contribution in [3.05, 3.63) is 70.6 Å². The largest absolute Gasteiger partial charge is 0.350 e. The van der Waals surface area contributed by atoms with Crippen molar-refractivity contribution in [1.29, 1.82) is 0 Å². The van der Waals surface area contributed by atoms with Gasteiger partial charge in [0.25, 0.3) is 0 Å². The summed E-state index contributed by atoms with van der Waals surface area (Å²) < 4.78 is 2.03. The number of pyridine rings is 1. The maximum atomic E-state index is 12.0. The van der Waals surface area contributed by atoms with Gasteiger partial charge in [-0.3, -0.25) is 4.79 Å². The average Bonchev–Trinajstić information content (AvgIpc) is 2.99. The van der Waals surface area contributed by atoms with Crippen LogP contribution in [0.2, 0.25) is 5.02 Å². The van der Waals surface area contributed by atoms with Crippen LogP contribution in [0.5, 0.6) is 0 Å². The number of hydrogen-bond acceptors (Lipinski definition) is 2. The highest BCUT2D eigenvalue weighted by Gasteiger charge is 2.06. The minimum Gasteiger partial charge on any atom is -0.350 e. The molecule has 2 heterocycles. The molecule has 24 heavy (non-hydrogen) atoms. The summed E-state index contributed by atoms with van der Waals surface area (Å²) in [7, 11) is 0. The van der Waals surface area contributed by atoms with Gasteiger partial charge in [0, 0.05) is 23.3 Å². The predicted octanol–water partition coefficient (Wildman–Crippen LogP) is 3.94. The van der Waals surface area contributed by atoms with Gasteiger partial charge in [0.1, 0.15) is 5.65 Å². The number of benzene rings is 1. The molecule has 0 aliphatic heterocycles. The highest BCUT2D eigenvalue weighted by molar-refractivity contribution is 6.30. The predicted molar refractivity (Wildman–Crippen MR) is 96.2 cm³/mol. The van der Waals surface area contributed by atoms with Crippen LogP contribution in [0.25, 0.3) is 5.65 Å². The van der Waals surface area contributed by atoms with Crippen molar-refractivity contribution in [2.45, 2.75) is 32.7 Å². The minimum absolute atomic E-state index is 0.0535. The maximum absolute atomic E-state index is 12.0. The summed E-state index contributed by atoms with van der Waals surface area (Å²) in [4.78, 5) is 16.5. The maximum Gasteiger partial charge on any atom is 0.220 e. The molecule has 0 spiro atoms. The van der Waals surface area contributed by atoms with Crippen LogP contribution in [0.4, 0.5) is 0 Å². The Balaban J connectivity index is 1.46. The summed E-state index contributed by atoms with van der Waals surface area (Å²) in [5.41, 5.74) is 4.10. The molecule has 4 nitrogen and oxygen atoms in total. The zero-order valence-electron chi connectivity index (χ0n) is 13.6. The number of carbonyl (C=O) groups excluding carboxylic acids is 1. The zero-order valence-corrected chi connectivity index (χ0v) is 14.4. The number of fused-ring (bicyclic) bond motifs is 1. The van der Waals surface area contributed by atoms with Crippen molar-refractivity contribution in [2.75, 3.05) is 0 Å². The SMILES string of the molecule is Cc1cccc2nc(CNC(=O)CCCc3ccc(Cl)cc3)cn12. The van der Waals surface area contributed by atoms with Crippen LogP contribution in [0, 0.1) is 6.92 Å². The molecule has 1 amide bonds. The molecule has 124 valence electrons. The number of rotatable bonds is 6. The van der Waals surface area contributed by atoms with Gasteiger partial charge >= 0.3 is 0 Å². The van der Waals surface area contributed by atoms with E-state index in [-0.39, 0.29) is 5.91 Å². The van der Waals surface area contributed by atoms with E-state index in [0.29, 0.717) is 13.0 Å². The number of carbonyl (C=O) groups is 1. The molecule has 0 aliphatic rings. The molecule has 2 aromatic heterocycles. The Bertz CT molecular complexity index is 839. The van der Waals surface area contributed by atoms with E-state index in [1.807, 2.05) is 60.0 Å². The minimum atomic E-state index is 0.0535. The lowest BCUT2D eigenvalue weighted by atomic mass is 10.1. The molecule has 0 atom stereocenters. The van der Waals surface area contributed by atoms with Crippen molar-refractivity contribution in [1.82, 2.24) is 14.7 Å². The summed E-state index contributed by atoms with van der Waals surface area (Å²) in [5.74, 6) is 0.0535. The number of aryl methyl sites for hydroxylation is 2. The topological polar surface area (TPSA) is 46.4 Å². The molecule has 3 rings (SSSR count). The summed E-state index contributed by atoms with van der Waals surface area (Å²) in [6.07, 6.45) is 4.17. The number of nitrogens with zero attached hydrogens (tertiary/aromatic N) is 2. The third-order valence-electron chi connectivity index (χ3n) is 4.00. The Kier molecular flexibility index (Phi) is 5.16. The summed E-state index contributed by atoms with van der Waals surface area (Å²) in [6.45, 7) is 2.49. The Labute approximate surface area is 146 Å². The molecule has 0 aliphatic carbocycles. The molecular formula is C19H20ClN3O. The van der Waals surface area contributed by atoms with Crippen LogP contribution >= 0.6 is 11.6 Å². The summed E-state index contributed by atoms with van der Waals surface area (Å²) in [5, 5.41) is 3.67. The van der Waals surface area contributed by atoms with E-state index in [4.69, 9.17) is 11.6 Å². The van der Waals surface area contributed by atoms with E-state index in [0.717, 1.165) is 34.9 Å². The standard InChI is InChI=1S/C19H20ClN3O/c1-14-4-2-6-18-22-17(13-23(14)18)12-21-19(24)7-3-5-15-8-10-16(20)11-9-15/h2,4,6,8-11,13H,3,5,7,12H2,1H3,(H,21,24). The molecule has 0 saturated carbocycles. The molecular weight excluding hydrogens is 322 g/mol. The van der Waals surface area contributed by atoms with Crippen LogP contribution < -0.4 is 5.32 Å². The number of hydrogen-bond donors (Lipinski definition) is 1. The molecule has 0 fully saturated rings. The quantitative estimate of drug-likeness (QED) is 0.738. The van der Waals surface area contributed by atoms with Gasteiger partial charge in [-0.15, -0.1) is 0 Å². The molecule has 0 saturated heterocycles. The monoisotopic (exact) mass is 341 g/mol. The second-order valence-corrected chi connectivity index (χ2v) is 6.32. The van der Waals surface area contributed by atoms with E-state index in [1.165, 1.54) is 5.56 Å². The number of aromatic nitrogens is 2. The van der Waals surface area contributed by atoms with Gasteiger partial charge < -0.3 is 9.72 Å². The second-order valence-electron chi connectivity index (χ2n) is 5.88. The van der Waals surface area contributed by atoms with Gasteiger partial charge in [-0.2, -0.15) is 0 Å². The third kappa shape index (κ3) is 4.15.